The van der Waals surface area contributed by atoms with E-state index in [0.717, 1.165) is 43.5 Å². The SMILES string of the molecule is C=CCc1cc(O)c(O)c(CN2CCC(CCO)CC2)c1. The summed E-state index contributed by atoms with van der Waals surface area (Å²) in [5.41, 5.74) is 1.73. The Morgan fingerprint density at radius 1 is 1.24 bits per heavy atom. The molecule has 116 valence electrons. The maximum atomic E-state index is 10.0. The van der Waals surface area contributed by atoms with Crippen LogP contribution < -0.4 is 0 Å². The first-order chi connectivity index (χ1) is 10.1. The van der Waals surface area contributed by atoms with Crippen molar-refractivity contribution in [2.24, 2.45) is 5.92 Å². The minimum absolute atomic E-state index is 0.0136. The van der Waals surface area contributed by atoms with E-state index in [4.69, 9.17) is 5.11 Å². The minimum atomic E-state index is -0.0560. The number of aliphatic hydroxyl groups excluding tert-OH is 1. The highest BCUT2D eigenvalue weighted by atomic mass is 16.3. The molecule has 0 saturated carbocycles. The topological polar surface area (TPSA) is 63.9 Å². The lowest BCUT2D eigenvalue weighted by Crippen LogP contribution is -2.33. The number of aromatic hydroxyl groups is 2. The molecule has 3 N–H and O–H groups in total. The molecule has 1 fully saturated rings. The molecule has 1 heterocycles. The van der Waals surface area contributed by atoms with Crippen LogP contribution in [0.2, 0.25) is 0 Å². The number of nitrogens with zero attached hydrogens (tertiary/aromatic N) is 1. The summed E-state index contributed by atoms with van der Waals surface area (Å²) in [4.78, 5) is 2.29. The van der Waals surface area contributed by atoms with Crippen molar-refractivity contribution < 1.29 is 15.3 Å². The van der Waals surface area contributed by atoms with E-state index in [0.29, 0.717) is 18.9 Å². The molecule has 21 heavy (non-hydrogen) atoms. The van der Waals surface area contributed by atoms with Gasteiger partial charge in [-0.2, -0.15) is 0 Å². The molecular weight excluding hydrogens is 266 g/mol. The fourth-order valence-corrected chi connectivity index (χ4v) is 3.00. The minimum Gasteiger partial charge on any atom is -0.504 e. The van der Waals surface area contributed by atoms with Gasteiger partial charge in [0.1, 0.15) is 0 Å². The largest absolute Gasteiger partial charge is 0.504 e. The molecular formula is C17H25NO3. The summed E-state index contributed by atoms with van der Waals surface area (Å²) < 4.78 is 0. The van der Waals surface area contributed by atoms with Gasteiger partial charge in [0.05, 0.1) is 0 Å². The van der Waals surface area contributed by atoms with Crippen molar-refractivity contribution in [3.8, 4) is 11.5 Å². The van der Waals surface area contributed by atoms with Crippen molar-refractivity contribution in [1.29, 1.82) is 0 Å². The summed E-state index contributed by atoms with van der Waals surface area (Å²) >= 11 is 0. The van der Waals surface area contributed by atoms with Crippen LogP contribution in [0.25, 0.3) is 0 Å². The first kappa shape index (κ1) is 15.9. The maximum absolute atomic E-state index is 10.0. The number of phenols is 2. The number of hydrogen-bond acceptors (Lipinski definition) is 4. The zero-order valence-electron chi connectivity index (χ0n) is 12.5. The van der Waals surface area contributed by atoms with Crippen molar-refractivity contribution in [3.05, 3.63) is 35.9 Å². The van der Waals surface area contributed by atoms with Crippen LogP contribution in [0.5, 0.6) is 11.5 Å². The van der Waals surface area contributed by atoms with E-state index in [-0.39, 0.29) is 18.1 Å². The Morgan fingerprint density at radius 2 is 1.95 bits per heavy atom. The van der Waals surface area contributed by atoms with E-state index >= 15 is 0 Å². The van der Waals surface area contributed by atoms with Crippen LogP contribution in [0.1, 0.15) is 30.4 Å². The molecule has 1 aliphatic rings. The van der Waals surface area contributed by atoms with E-state index in [2.05, 4.69) is 11.5 Å². The lowest BCUT2D eigenvalue weighted by Gasteiger charge is -2.32. The highest BCUT2D eigenvalue weighted by Crippen LogP contribution is 2.32. The third-order valence-corrected chi connectivity index (χ3v) is 4.25. The first-order valence-corrected chi connectivity index (χ1v) is 7.62. The molecule has 2 rings (SSSR count). The van der Waals surface area contributed by atoms with Crippen molar-refractivity contribution in [2.45, 2.75) is 32.2 Å². The Balaban J connectivity index is 2.01. The number of piperidine rings is 1. The number of aliphatic hydroxyl groups is 1. The van der Waals surface area contributed by atoms with Crippen molar-refractivity contribution in [2.75, 3.05) is 19.7 Å². The van der Waals surface area contributed by atoms with Crippen molar-refractivity contribution >= 4 is 0 Å². The Hall–Kier alpha value is -1.52. The molecule has 4 nitrogen and oxygen atoms in total. The van der Waals surface area contributed by atoms with Gasteiger partial charge in [-0.3, -0.25) is 4.90 Å². The van der Waals surface area contributed by atoms with Gasteiger partial charge in [-0.25, -0.2) is 0 Å². The summed E-state index contributed by atoms with van der Waals surface area (Å²) in [5.74, 6) is 0.542. The molecule has 1 aromatic carbocycles. The molecule has 0 spiro atoms. The standard InChI is InChI=1S/C17H25NO3/c1-2-3-14-10-15(17(21)16(20)11-14)12-18-7-4-13(5-8-18)6-9-19/h2,10-11,13,19-21H,1,3-9,12H2. The molecule has 0 radical (unpaired) electrons. The van der Waals surface area contributed by atoms with Crippen LogP contribution in [-0.4, -0.2) is 39.9 Å². The number of likely N-dealkylation sites (tertiary alicyclic amines) is 1. The van der Waals surface area contributed by atoms with Gasteiger partial charge in [0, 0.05) is 18.7 Å². The predicted molar refractivity (Wildman–Crippen MR) is 83.4 cm³/mol. The molecule has 0 atom stereocenters. The van der Waals surface area contributed by atoms with Crippen LogP contribution in [0, 0.1) is 5.92 Å². The summed E-state index contributed by atoms with van der Waals surface area (Å²) in [7, 11) is 0. The third kappa shape index (κ3) is 4.22. The first-order valence-electron chi connectivity index (χ1n) is 7.62. The number of allylic oxidation sites excluding steroid dienone is 1. The molecule has 0 amide bonds. The molecule has 4 heteroatoms. The lowest BCUT2D eigenvalue weighted by molar-refractivity contribution is 0.152. The average molecular weight is 291 g/mol. The third-order valence-electron chi connectivity index (χ3n) is 4.25. The molecule has 1 saturated heterocycles. The molecule has 0 aliphatic carbocycles. The summed E-state index contributed by atoms with van der Waals surface area (Å²) in [6, 6.07) is 3.53. The van der Waals surface area contributed by atoms with Crippen LogP contribution in [0.15, 0.2) is 24.8 Å². The quantitative estimate of drug-likeness (QED) is 0.556. The average Bonchev–Trinajstić information content (AvgIpc) is 2.47. The Bertz CT molecular complexity index is 479. The summed E-state index contributed by atoms with van der Waals surface area (Å²) in [6.45, 7) is 6.56. The van der Waals surface area contributed by atoms with Crippen molar-refractivity contribution in [1.82, 2.24) is 4.90 Å². The van der Waals surface area contributed by atoms with Gasteiger partial charge in [-0.15, -0.1) is 6.58 Å². The number of benzene rings is 1. The Labute approximate surface area is 126 Å². The van der Waals surface area contributed by atoms with E-state index in [1.165, 1.54) is 0 Å². The predicted octanol–water partition coefficient (Wildman–Crippen LogP) is 2.42. The van der Waals surface area contributed by atoms with Gasteiger partial charge in [0.25, 0.3) is 0 Å². The Morgan fingerprint density at radius 3 is 2.57 bits per heavy atom. The molecule has 0 aromatic heterocycles. The van der Waals surface area contributed by atoms with Crippen LogP contribution in [0.3, 0.4) is 0 Å². The highest BCUT2D eigenvalue weighted by Gasteiger charge is 2.20. The van der Waals surface area contributed by atoms with E-state index < -0.39 is 0 Å². The molecule has 0 unspecified atom stereocenters. The highest BCUT2D eigenvalue weighted by molar-refractivity contribution is 5.48. The van der Waals surface area contributed by atoms with E-state index in [1.54, 1.807) is 12.1 Å². The van der Waals surface area contributed by atoms with Gasteiger partial charge in [0.15, 0.2) is 11.5 Å². The van der Waals surface area contributed by atoms with Gasteiger partial charge in [-0.05, 0) is 56.3 Å². The molecule has 1 aromatic rings. The monoisotopic (exact) mass is 291 g/mol. The zero-order chi connectivity index (χ0) is 15.2. The molecule has 1 aliphatic heterocycles. The van der Waals surface area contributed by atoms with Gasteiger partial charge in [-0.1, -0.05) is 12.1 Å². The summed E-state index contributed by atoms with van der Waals surface area (Å²) in [5, 5.41) is 28.8. The zero-order valence-corrected chi connectivity index (χ0v) is 12.5. The fourth-order valence-electron chi connectivity index (χ4n) is 3.00. The van der Waals surface area contributed by atoms with Gasteiger partial charge >= 0.3 is 0 Å². The van der Waals surface area contributed by atoms with E-state index in [1.807, 2.05) is 6.07 Å². The normalized spacial score (nSPS) is 17.0. The number of rotatable bonds is 6. The summed E-state index contributed by atoms with van der Waals surface area (Å²) in [6.07, 6.45) is 5.52. The second-order valence-electron chi connectivity index (χ2n) is 5.85. The lowest BCUT2D eigenvalue weighted by atomic mass is 9.93. The van der Waals surface area contributed by atoms with Crippen LogP contribution >= 0.6 is 0 Å². The fraction of sp³-hybridized carbons (Fsp3) is 0.529. The van der Waals surface area contributed by atoms with Crippen LogP contribution in [-0.2, 0) is 13.0 Å². The smallest absolute Gasteiger partial charge is 0.162 e. The van der Waals surface area contributed by atoms with Crippen molar-refractivity contribution in [3.63, 3.8) is 0 Å². The second kappa shape index (κ2) is 7.48. The Kier molecular flexibility index (Phi) is 5.65. The van der Waals surface area contributed by atoms with Crippen LogP contribution in [0.4, 0.5) is 0 Å². The maximum Gasteiger partial charge on any atom is 0.162 e. The van der Waals surface area contributed by atoms with Gasteiger partial charge in [0.2, 0.25) is 0 Å². The van der Waals surface area contributed by atoms with Gasteiger partial charge < -0.3 is 15.3 Å². The molecule has 0 bridgehead atoms. The number of hydrogen-bond donors (Lipinski definition) is 3. The number of phenolic OH excluding ortho intramolecular Hbond substituents is 2. The second-order valence-corrected chi connectivity index (χ2v) is 5.85. The van der Waals surface area contributed by atoms with E-state index in [9.17, 15) is 10.2 Å².